The van der Waals surface area contributed by atoms with Gasteiger partial charge >= 0.3 is 0 Å². The van der Waals surface area contributed by atoms with Gasteiger partial charge in [-0.05, 0) is 56.2 Å². The van der Waals surface area contributed by atoms with Crippen molar-refractivity contribution in [1.29, 1.82) is 0 Å². The van der Waals surface area contributed by atoms with Crippen LogP contribution >= 0.6 is 0 Å². The predicted molar refractivity (Wildman–Crippen MR) is 117 cm³/mol. The molecule has 4 rings (SSSR count). The van der Waals surface area contributed by atoms with E-state index in [0.29, 0.717) is 43.1 Å². The lowest BCUT2D eigenvalue weighted by molar-refractivity contribution is 0.0951. The SMILES string of the molecule is Cc1cc(C(=O)NCCc2cccc(C(N)=O)c2)c(C)n1-c1ccc2c(c1)OCCO2. The zero-order chi connectivity index (χ0) is 22.0. The Morgan fingerprint density at radius 3 is 2.58 bits per heavy atom. The number of rotatable bonds is 6. The maximum absolute atomic E-state index is 12.8. The van der Waals surface area contributed by atoms with E-state index in [9.17, 15) is 9.59 Å². The zero-order valence-corrected chi connectivity index (χ0v) is 17.6. The first-order chi connectivity index (χ1) is 14.9. The maximum atomic E-state index is 12.8. The summed E-state index contributed by atoms with van der Waals surface area (Å²) < 4.78 is 13.3. The van der Waals surface area contributed by atoms with Crippen molar-refractivity contribution in [3.05, 3.63) is 76.6 Å². The number of nitrogens with two attached hydrogens (primary N) is 1. The molecule has 7 heteroatoms. The molecule has 1 aliphatic rings. The van der Waals surface area contributed by atoms with Crippen molar-refractivity contribution in [2.24, 2.45) is 5.73 Å². The van der Waals surface area contributed by atoms with Crippen LogP contribution in [0.5, 0.6) is 11.5 Å². The lowest BCUT2D eigenvalue weighted by Gasteiger charge is -2.20. The van der Waals surface area contributed by atoms with Crippen LogP contribution in [0, 0.1) is 13.8 Å². The fraction of sp³-hybridized carbons (Fsp3) is 0.250. The van der Waals surface area contributed by atoms with Gasteiger partial charge in [0.15, 0.2) is 11.5 Å². The average molecular weight is 419 g/mol. The van der Waals surface area contributed by atoms with Crippen LogP contribution in [0.1, 0.15) is 37.7 Å². The Hall–Kier alpha value is -3.74. The standard InChI is InChI=1S/C24H25N3O4/c1-15-12-20(24(29)26-9-8-17-4-3-5-18(13-17)23(25)28)16(2)27(15)19-6-7-21-22(14-19)31-11-10-30-21/h3-7,12-14H,8-11H2,1-2H3,(H2,25,28)(H,26,29). The van der Waals surface area contributed by atoms with Crippen molar-refractivity contribution in [1.82, 2.24) is 9.88 Å². The number of hydrogen-bond acceptors (Lipinski definition) is 4. The molecule has 31 heavy (non-hydrogen) atoms. The van der Waals surface area contributed by atoms with E-state index in [2.05, 4.69) is 5.32 Å². The number of carbonyl (C=O) groups is 2. The third-order valence-corrected chi connectivity index (χ3v) is 5.37. The van der Waals surface area contributed by atoms with Gasteiger partial charge in [0.1, 0.15) is 13.2 Å². The average Bonchev–Trinajstić information content (AvgIpc) is 3.07. The van der Waals surface area contributed by atoms with Crippen LogP contribution in [0.25, 0.3) is 5.69 Å². The van der Waals surface area contributed by atoms with E-state index in [0.717, 1.165) is 28.4 Å². The molecule has 2 aromatic carbocycles. The van der Waals surface area contributed by atoms with Gasteiger partial charge < -0.3 is 25.1 Å². The van der Waals surface area contributed by atoms with Gasteiger partial charge in [0.25, 0.3) is 5.91 Å². The summed E-state index contributed by atoms with van der Waals surface area (Å²) in [5.74, 6) is 0.844. The second kappa shape index (κ2) is 8.55. The van der Waals surface area contributed by atoms with E-state index in [1.54, 1.807) is 18.2 Å². The molecule has 0 radical (unpaired) electrons. The Morgan fingerprint density at radius 2 is 1.81 bits per heavy atom. The van der Waals surface area contributed by atoms with E-state index >= 15 is 0 Å². The number of amides is 2. The lowest BCUT2D eigenvalue weighted by atomic mass is 10.1. The highest BCUT2D eigenvalue weighted by Crippen LogP contribution is 2.33. The highest BCUT2D eigenvalue weighted by Gasteiger charge is 2.19. The summed E-state index contributed by atoms with van der Waals surface area (Å²) in [5, 5.41) is 2.97. The fourth-order valence-corrected chi connectivity index (χ4v) is 3.86. The van der Waals surface area contributed by atoms with Crippen LogP contribution in [0.15, 0.2) is 48.5 Å². The van der Waals surface area contributed by atoms with E-state index in [-0.39, 0.29) is 5.91 Å². The van der Waals surface area contributed by atoms with Crippen LogP contribution in [-0.2, 0) is 6.42 Å². The fourth-order valence-electron chi connectivity index (χ4n) is 3.86. The Balaban J connectivity index is 1.47. The Labute approximate surface area is 180 Å². The summed E-state index contributed by atoms with van der Waals surface area (Å²) in [6.07, 6.45) is 0.605. The van der Waals surface area contributed by atoms with Crippen LogP contribution in [-0.4, -0.2) is 36.1 Å². The molecule has 2 heterocycles. The minimum absolute atomic E-state index is 0.136. The molecule has 2 amide bonds. The number of aryl methyl sites for hydroxylation is 1. The molecule has 0 saturated carbocycles. The summed E-state index contributed by atoms with van der Waals surface area (Å²) in [6.45, 7) is 5.42. The first-order valence-electron chi connectivity index (χ1n) is 10.2. The van der Waals surface area contributed by atoms with Gasteiger partial charge in [-0.1, -0.05) is 12.1 Å². The molecule has 3 N–H and O–H groups in total. The molecular formula is C24H25N3O4. The highest BCUT2D eigenvalue weighted by atomic mass is 16.6. The van der Waals surface area contributed by atoms with Gasteiger partial charge in [0, 0.05) is 35.2 Å². The third kappa shape index (κ3) is 4.26. The number of hydrogen-bond donors (Lipinski definition) is 2. The number of nitrogens with zero attached hydrogens (tertiary/aromatic N) is 1. The van der Waals surface area contributed by atoms with Crippen LogP contribution in [0.3, 0.4) is 0 Å². The monoisotopic (exact) mass is 419 g/mol. The van der Waals surface area contributed by atoms with E-state index < -0.39 is 5.91 Å². The van der Waals surface area contributed by atoms with Crippen LogP contribution in [0.2, 0.25) is 0 Å². The summed E-state index contributed by atoms with van der Waals surface area (Å²) in [6, 6.07) is 14.8. The molecule has 7 nitrogen and oxygen atoms in total. The normalized spacial score (nSPS) is 12.5. The van der Waals surface area contributed by atoms with E-state index in [1.807, 2.05) is 48.7 Å². The molecule has 3 aromatic rings. The molecular weight excluding hydrogens is 394 g/mol. The van der Waals surface area contributed by atoms with Crippen molar-refractivity contribution >= 4 is 11.8 Å². The first kappa shape index (κ1) is 20.5. The number of nitrogens with one attached hydrogen (secondary N) is 1. The van der Waals surface area contributed by atoms with Crippen molar-refractivity contribution < 1.29 is 19.1 Å². The van der Waals surface area contributed by atoms with Gasteiger partial charge in [-0.2, -0.15) is 0 Å². The summed E-state index contributed by atoms with van der Waals surface area (Å²) >= 11 is 0. The largest absolute Gasteiger partial charge is 0.486 e. The van der Waals surface area contributed by atoms with E-state index in [1.165, 1.54) is 0 Å². The van der Waals surface area contributed by atoms with Gasteiger partial charge in [-0.15, -0.1) is 0 Å². The molecule has 0 bridgehead atoms. The maximum Gasteiger partial charge on any atom is 0.253 e. The second-order valence-corrected chi connectivity index (χ2v) is 7.52. The Kier molecular flexibility index (Phi) is 5.66. The molecule has 1 aliphatic heterocycles. The molecule has 160 valence electrons. The smallest absolute Gasteiger partial charge is 0.253 e. The predicted octanol–water partition coefficient (Wildman–Crippen LogP) is 2.94. The van der Waals surface area contributed by atoms with Crippen LogP contribution < -0.4 is 20.5 Å². The first-order valence-corrected chi connectivity index (χ1v) is 10.2. The number of primary amides is 1. The topological polar surface area (TPSA) is 95.6 Å². The van der Waals surface area contributed by atoms with E-state index in [4.69, 9.17) is 15.2 Å². The number of fused-ring (bicyclic) bond motifs is 1. The molecule has 0 aliphatic carbocycles. The van der Waals surface area contributed by atoms with Crippen molar-refractivity contribution in [2.75, 3.05) is 19.8 Å². The minimum atomic E-state index is -0.461. The van der Waals surface area contributed by atoms with Gasteiger partial charge in [0.05, 0.1) is 5.56 Å². The molecule has 0 atom stereocenters. The highest BCUT2D eigenvalue weighted by molar-refractivity contribution is 5.96. The van der Waals surface area contributed by atoms with Crippen molar-refractivity contribution in [3.63, 3.8) is 0 Å². The number of ether oxygens (including phenoxy) is 2. The number of aromatic nitrogens is 1. The number of carbonyl (C=O) groups excluding carboxylic acids is 2. The summed E-state index contributed by atoms with van der Waals surface area (Å²) in [7, 11) is 0. The molecule has 1 aromatic heterocycles. The van der Waals surface area contributed by atoms with Crippen molar-refractivity contribution in [3.8, 4) is 17.2 Å². The summed E-state index contributed by atoms with van der Waals surface area (Å²) in [4.78, 5) is 24.1. The quantitative estimate of drug-likeness (QED) is 0.642. The van der Waals surface area contributed by atoms with Gasteiger partial charge in [-0.25, -0.2) is 0 Å². The zero-order valence-electron chi connectivity index (χ0n) is 17.6. The molecule has 0 fully saturated rings. The van der Waals surface area contributed by atoms with Crippen LogP contribution in [0.4, 0.5) is 0 Å². The molecule has 0 unspecified atom stereocenters. The second-order valence-electron chi connectivity index (χ2n) is 7.52. The molecule has 0 saturated heterocycles. The number of benzene rings is 2. The summed E-state index contributed by atoms with van der Waals surface area (Å²) in [5.41, 5.74) is 10.1. The Bertz CT molecular complexity index is 1150. The molecule has 0 spiro atoms. The van der Waals surface area contributed by atoms with Gasteiger partial charge in [-0.3, -0.25) is 9.59 Å². The third-order valence-electron chi connectivity index (χ3n) is 5.37. The minimum Gasteiger partial charge on any atom is -0.486 e. The Morgan fingerprint density at radius 1 is 1.03 bits per heavy atom. The van der Waals surface area contributed by atoms with Crippen molar-refractivity contribution in [2.45, 2.75) is 20.3 Å². The lowest BCUT2D eigenvalue weighted by Crippen LogP contribution is -2.26. The van der Waals surface area contributed by atoms with Gasteiger partial charge in [0.2, 0.25) is 5.91 Å².